The molecular formula is C10H16Cl2N2O5. The number of aliphatic carboxylic acids is 1. The molecule has 1 atom stereocenters. The van der Waals surface area contributed by atoms with Gasteiger partial charge in [0.1, 0.15) is 17.8 Å². The summed E-state index contributed by atoms with van der Waals surface area (Å²) in [5, 5.41) is 13.6. The highest BCUT2D eigenvalue weighted by Gasteiger charge is 2.18. The van der Waals surface area contributed by atoms with Crippen molar-refractivity contribution >= 4 is 41.0 Å². The lowest BCUT2D eigenvalue weighted by atomic mass is 10.2. The molecule has 0 rings (SSSR count). The highest BCUT2D eigenvalue weighted by Crippen LogP contribution is 1.94. The van der Waals surface area contributed by atoms with Gasteiger partial charge in [0.2, 0.25) is 11.8 Å². The SMILES string of the molecule is O=C(CCl)NCCOCCC(NC(=O)CCl)C(=O)O. The Labute approximate surface area is 120 Å². The Bertz CT molecular complexity index is 314. The minimum atomic E-state index is -1.16. The Balaban J connectivity index is 3.73. The van der Waals surface area contributed by atoms with Crippen molar-refractivity contribution in [3.8, 4) is 0 Å². The molecule has 0 fully saturated rings. The fourth-order valence-corrected chi connectivity index (χ4v) is 1.28. The Morgan fingerprint density at radius 2 is 1.74 bits per heavy atom. The van der Waals surface area contributed by atoms with Gasteiger partial charge in [-0.05, 0) is 0 Å². The number of rotatable bonds is 10. The standard InChI is InChI=1S/C10H16Cl2N2O5/c11-5-8(15)13-2-4-19-3-1-7(10(17)18)14-9(16)6-12/h7H,1-6H2,(H,13,15)(H,14,16)(H,17,18). The van der Waals surface area contributed by atoms with E-state index >= 15 is 0 Å². The van der Waals surface area contributed by atoms with Gasteiger partial charge in [-0.3, -0.25) is 9.59 Å². The van der Waals surface area contributed by atoms with Crippen molar-refractivity contribution in [1.82, 2.24) is 10.6 Å². The van der Waals surface area contributed by atoms with Crippen molar-refractivity contribution in [3.63, 3.8) is 0 Å². The van der Waals surface area contributed by atoms with Crippen LogP contribution in [0.15, 0.2) is 0 Å². The number of ether oxygens (including phenoxy) is 1. The molecule has 0 aromatic heterocycles. The van der Waals surface area contributed by atoms with Gasteiger partial charge in [-0.15, -0.1) is 23.2 Å². The van der Waals surface area contributed by atoms with E-state index in [1.54, 1.807) is 0 Å². The maximum absolute atomic E-state index is 11.0. The second kappa shape index (κ2) is 10.8. The summed E-state index contributed by atoms with van der Waals surface area (Å²) >= 11 is 10.5. The number of carboxylic acid groups (broad SMARTS) is 1. The zero-order chi connectivity index (χ0) is 14.7. The molecule has 0 saturated carbocycles. The molecular weight excluding hydrogens is 299 g/mol. The first-order valence-corrected chi connectivity index (χ1v) is 6.56. The van der Waals surface area contributed by atoms with Crippen LogP contribution in [-0.4, -0.2) is 60.5 Å². The summed E-state index contributed by atoms with van der Waals surface area (Å²) in [5.41, 5.74) is 0. The van der Waals surface area contributed by atoms with Crippen LogP contribution >= 0.6 is 23.2 Å². The molecule has 0 radical (unpaired) electrons. The number of carboxylic acids is 1. The molecule has 0 aromatic rings. The zero-order valence-electron chi connectivity index (χ0n) is 10.2. The van der Waals surface area contributed by atoms with Crippen molar-refractivity contribution in [2.45, 2.75) is 12.5 Å². The summed E-state index contributed by atoms with van der Waals surface area (Å²) in [6.45, 7) is 0.659. The largest absolute Gasteiger partial charge is 0.480 e. The number of carbonyl (C=O) groups excluding carboxylic acids is 2. The molecule has 0 spiro atoms. The summed E-state index contributed by atoms with van der Waals surface area (Å²) in [6.07, 6.45) is 0.113. The summed E-state index contributed by atoms with van der Waals surface area (Å²) < 4.78 is 5.12. The molecule has 0 aliphatic heterocycles. The van der Waals surface area contributed by atoms with Crippen LogP contribution in [0.5, 0.6) is 0 Å². The van der Waals surface area contributed by atoms with Gasteiger partial charge in [-0.1, -0.05) is 0 Å². The van der Waals surface area contributed by atoms with Crippen molar-refractivity contribution in [1.29, 1.82) is 0 Å². The van der Waals surface area contributed by atoms with E-state index in [4.69, 9.17) is 33.0 Å². The predicted octanol–water partition coefficient (Wildman–Crippen LogP) is -0.444. The fraction of sp³-hybridized carbons (Fsp3) is 0.700. The van der Waals surface area contributed by atoms with Crippen LogP contribution in [0.4, 0.5) is 0 Å². The van der Waals surface area contributed by atoms with Crippen LogP contribution in [-0.2, 0) is 19.1 Å². The molecule has 0 saturated heterocycles. The van der Waals surface area contributed by atoms with Gasteiger partial charge >= 0.3 is 5.97 Å². The van der Waals surface area contributed by atoms with Crippen molar-refractivity contribution in [2.24, 2.45) is 0 Å². The van der Waals surface area contributed by atoms with Gasteiger partial charge in [-0.2, -0.15) is 0 Å². The molecule has 0 bridgehead atoms. The monoisotopic (exact) mass is 314 g/mol. The molecule has 7 nitrogen and oxygen atoms in total. The number of hydrogen-bond acceptors (Lipinski definition) is 4. The molecule has 0 heterocycles. The van der Waals surface area contributed by atoms with Gasteiger partial charge in [0.15, 0.2) is 0 Å². The van der Waals surface area contributed by atoms with Gasteiger partial charge in [-0.25, -0.2) is 4.79 Å². The number of nitrogens with one attached hydrogen (secondary N) is 2. The molecule has 3 N–H and O–H groups in total. The van der Waals surface area contributed by atoms with Crippen LogP contribution in [0.1, 0.15) is 6.42 Å². The average Bonchev–Trinajstić information content (AvgIpc) is 2.40. The second-order valence-electron chi connectivity index (χ2n) is 3.48. The van der Waals surface area contributed by atoms with E-state index in [1.165, 1.54) is 0 Å². The topological polar surface area (TPSA) is 105 Å². The van der Waals surface area contributed by atoms with Gasteiger partial charge in [0.05, 0.1) is 6.61 Å². The van der Waals surface area contributed by atoms with Gasteiger partial charge < -0.3 is 20.5 Å². The van der Waals surface area contributed by atoms with Crippen molar-refractivity contribution in [3.05, 3.63) is 0 Å². The van der Waals surface area contributed by atoms with E-state index in [0.29, 0.717) is 0 Å². The van der Waals surface area contributed by atoms with E-state index in [2.05, 4.69) is 10.6 Å². The first-order valence-electron chi connectivity index (χ1n) is 5.49. The Hall–Kier alpha value is -1.05. The average molecular weight is 315 g/mol. The highest BCUT2D eigenvalue weighted by atomic mass is 35.5. The lowest BCUT2D eigenvalue weighted by Crippen LogP contribution is -2.42. The second-order valence-corrected chi connectivity index (χ2v) is 4.01. The lowest BCUT2D eigenvalue weighted by molar-refractivity contribution is -0.142. The normalized spacial score (nSPS) is 11.7. The van der Waals surface area contributed by atoms with E-state index < -0.39 is 17.9 Å². The van der Waals surface area contributed by atoms with Crippen LogP contribution < -0.4 is 10.6 Å². The first-order chi connectivity index (χ1) is 9.01. The Kier molecular flexibility index (Phi) is 10.2. The Morgan fingerprint density at radius 1 is 1.11 bits per heavy atom. The minimum Gasteiger partial charge on any atom is -0.480 e. The van der Waals surface area contributed by atoms with Crippen molar-refractivity contribution < 1.29 is 24.2 Å². The third kappa shape index (κ3) is 9.52. The summed E-state index contributed by atoms with van der Waals surface area (Å²) in [7, 11) is 0. The van der Waals surface area contributed by atoms with Gasteiger partial charge in [0, 0.05) is 19.6 Å². The van der Waals surface area contributed by atoms with Crippen molar-refractivity contribution in [2.75, 3.05) is 31.5 Å². The predicted molar refractivity (Wildman–Crippen MR) is 69.5 cm³/mol. The van der Waals surface area contributed by atoms with E-state index in [9.17, 15) is 14.4 Å². The molecule has 2 amide bonds. The maximum atomic E-state index is 11.0. The van der Waals surface area contributed by atoms with Crippen LogP contribution in [0, 0.1) is 0 Å². The zero-order valence-corrected chi connectivity index (χ0v) is 11.7. The third-order valence-electron chi connectivity index (χ3n) is 2.00. The quantitative estimate of drug-likeness (QED) is 0.374. The summed E-state index contributed by atoms with van der Waals surface area (Å²) in [5.74, 6) is -2.43. The number of carbonyl (C=O) groups is 3. The molecule has 0 aliphatic rings. The van der Waals surface area contributed by atoms with E-state index in [0.717, 1.165) is 0 Å². The number of alkyl halides is 2. The molecule has 19 heavy (non-hydrogen) atoms. The van der Waals surface area contributed by atoms with Crippen LogP contribution in [0.25, 0.3) is 0 Å². The number of halogens is 2. The van der Waals surface area contributed by atoms with E-state index in [1.807, 2.05) is 0 Å². The molecule has 1 unspecified atom stereocenters. The molecule has 9 heteroatoms. The Morgan fingerprint density at radius 3 is 2.26 bits per heavy atom. The first kappa shape index (κ1) is 17.9. The molecule has 0 aromatic carbocycles. The third-order valence-corrected chi connectivity index (χ3v) is 2.48. The smallest absolute Gasteiger partial charge is 0.326 e. The van der Waals surface area contributed by atoms with Crippen LogP contribution in [0.3, 0.4) is 0 Å². The van der Waals surface area contributed by atoms with E-state index in [-0.39, 0.29) is 43.8 Å². The molecule has 110 valence electrons. The maximum Gasteiger partial charge on any atom is 0.326 e. The van der Waals surface area contributed by atoms with Crippen LogP contribution in [0.2, 0.25) is 0 Å². The number of amides is 2. The lowest BCUT2D eigenvalue weighted by Gasteiger charge is -2.13. The summed E-state index contributed by atoms with van der Waals surface area (Å²) in [6, 6.07) is -1.04. The minimum absolute atomic E-state index is 0.113. The highest BCUT2D eigenvalue weighted by molar-refractivity contribution is 6.27. The fourth-order valence-electron chi connectivity index (χ4n) is 1.10. The molecule has 0 aliphatic carbocycles. The number of hydrogen-bond donors (Lipinski definition) is 3. The summed E-state index contributed by atoms with van der Waals surface area (Å²) in [4.78, 5) is 32.5. The van der Waals surface area contributed by atoms with Gasteiger partial charge in [0.25, 0.3) is 0 Å².